The van der Waals surface area contributed by atoms with Gasteiger partial charge in [0.1, 0.15) is 12.1 Å². The molecule has 0 saturated carbocycles. The molecule has 1 aromatic rings. The number of hydrogen-bond donors (Lipinski definition) is 2. The molecule has 1 aromatic carbocycles. The molecule has 2 rings (SSSR count). The first-order valence-electron chi connectivity index (χ1n) is 7.25. The number of halogens is 1. The number of aldehydes is 1. The van der Waals surface area contributed by atoms with Crippen LogP contribution in [-0.4, -0.2) is 19.2 Å². The highest BCUT2D eigenvalue weighted by Gasteiger charge is 2.03. The van der Waals surface area contributed by atoms with E-state index in [1.165, 1.54) is 38.3 Å². The summed E-state index contributed by atoms with van der Waals surface area (Å²) in [5.74, 6) is -1.40. The quantitative estimate of drug-likeness (QED) is 0.511. The molecule has 1 aliphatic carbocycles. The van der Waals surface area contributed by atoms with Gasteiger partial charge in [-0.05, 0) is 56.9 Å². The van der Waals surface area contributed by atoms with Gasteiger partial charge < -0.3 is 15.8 Å². The van der Waals surface area contributed by atoms with E-state index in [2.05, 4.69) is 23.2 Å². The number of hydrogen-bond acceptors (Lipinski definition) is 3. The first-order valence-corrected chi connectivity index (χ1v) is 7.25. The van der Waals surface area contributed by atoms with Crippen LogP contribution in [0.25, 0.3) is 0 Å². The maximum atomic E-state index is 12.6. The monoisotopic (exact) mass is 308 g/mol. The lowest BCUT2D eigenvalue weighted by molar-refractivity contribution is -0.125. The Hall–Kier alpha value is -2.17. The number of carbonyl (C=O) groups excluding carboxylic acids is 2. The molecule has 1 unspecified atom stereocenters. The van der Waals surface area contributed by atoms with E-state index in [0.29, 0.717) is 6.29 Å². The highest BCUT2D eigenvalue weighted by Crippen LogP contribution is 2.11. The fourth-order valence-electron chi connectivity index (χ4n) is 1.54. The van der Waals surface area contributed by atoms with Crippen molar-refractivity contribution < 1.29 is 14.0 Å². The first kappa shape index (κ1) is 19.8. The minimum absolute atomic E-state index is 0.190. The van der Waals surface area contributed by atoms with Gasteiger partial charge in [-0.25, -0.2) is 4.39 Å². The molecule has 1 amide bonds. The average Bonchev–Trinajstić information content (AvgIpc) is 3.05. The number of aryl methyl sites for hydroxylation is 1. The average molecular weight is 308 g/mol. The molecule has 0 saturated heterocycles. The number of nitrogens with two attached hydrogens (primary N) is 1. The minimum atomic E-state index is -0.639. The minimum Gasteiger partial charge on any atom is -0.388 e. The number of rotatable bonds is 3. The number of nitrogens with one attached hydrogen (secondary N) is 1. The van der Waals surface area contributed by atoms with Crippen molar-refractivity contribution in [3.63, 3.8) is 0 Å². The zero-order valence-electron chi connectivity index (χ0n) is 13.4. The molecule has 0 spiro atoms. The Balaban J connectivity index is 0.000000321. The Bertz CT molecular complexity index is 475. The van der Waals surface area contributed by atoms with Gasteiger partial charge >= 0.3 is 0 Å². The molecule has 1 atom stereocenters. The lowest BCUT2D eigenvalue weighted by atomic mass is 10.2. The Morgan fingerprint density at radius 3 is 2.18 bits per heavy atom. The molecular formula is C17H25FN2O2. The normalized spacial score (nSPS) is 13.1. The van der Waals surface area contributed by atoms with Gasteiger partial charge in [-0.1, -0.05) is 12.2 Å². The second kappa shape index (κ2) is 11.5. The molecule has 0 bridgehead atoms. The van der Waals surface area contributed by atoms with Gasteiger partial charge in [0.05, 0.1) is 5.92 Å². The first-order chi connectivity index (χ1) is 10.4. The fraction of sp³-hybridized carbons (Fsp3) is 0.412. The van der Waals surface area contributed by atoms with Crippen LogP contribution in [0.1, 0.15) is 31.7 Å². The van der Waals surface area contributed by atoms with E-state index in [4.69, 9.17) is 0 Å². The SMILES string of the molecule is C1=CCCC1.CC(C=O)C(N)=O.CNc1cc(C)cc(F)c1. The molecule has 3 N–H and O–H groups in total. The van der Waals surface area contributed by atoms with E-state index in [-0.39, 0.29) is 5.82 Å². The van der Waals surface area contributed by atoms with Crippen LogP contribution in [-0.2, 0) is 9.59 Å². The second-order valence-corrected chi connectivity index (χ2v) is 5.00. The predicted octanol–water partition coefficient (Wildman–Crippen LogP) is 3.21. The van der Waals surface area contributed by atoms with Crippen molar-refractivity contribution in [2.75, 3.05) is 12.4 Å². The molecule has 5 heteroatoms. The van der Waals surface area contributed by atoms with Crippen molar-refractivity contribution in [2.45, 2.75) is 33.1 Å². The number of allylic oxidation sites excluding steroid dienone is 2. The molecule has 0 heterocycles. The van der Waals surface area contributed by atoms with Gasteiger partial charge in [0.15, 0.2) is 0 Å². The van der Waals surface area contributed by atoms with Crippen molar-refractivity contribution in [3.8, 4) is 0 Å². The highest BCUT2D eigenvalue weighted by atomic mass is 19.1. The van der Waals surface area contributed by atoms with Crippen LogP contribution in [0.3, 0.4) is 0 Å². The van der Waals surface area contributed by atoms with Crippen LogP contribution in [0.15, 0.2) is 30.4 Å². The summed E-state index contributed by atoms with van der Waals surface area (Å²) in [5, 5.41) is 2.87. The van der Waals surface area contributed by atoms with Crippen LogP contribution in [0.4, 0.5) is 10.1 Å². The van der Waals surface area contributed by atoms with E-state index >= 15 is 0 Å². The van der Waals surface area contributed by atoms with Gasteiger partial charge in [-0.15, -0.1) is 0 Å². The summed E-state index contributed by atoms with van der Waals surface area (Å²) < 4.78 is 12.6. The summed E-state index contributed by atoms with van der Waals surface area (Å²) in [6, 6.07) is 4.86. The van der Waals surface area contributed by atoms with Gasteiger partial charge in [0.25, 0.3) is 0 Å². The van der Waals surface area contributed by atoms with Crippen molar-refractivity contribution in [2.24, 2.45) is 11.7 Å². The van der Waals surface area contributed by atoms with Crippen LogP contribution < -0.4 is 11.1 Å². The van der Waals surface area contributed by atoms with Crippen molar-refractivity contribution in [1.29, 1.82) is 0 Å². The van der Waals surface area contributed by atoms with Crippen LogP contribution in [0, 0.1) is 18.7 Å². The van der Waals surface area contributed by atoms with E-state index in [1.807, 2.05) is 13.0 Å². The van der Waals surface area contributed by atoms with Crippen LogP contribution in [0.2, 0.25) is 0 Å². The van der Waals surface area contributed by atoms with Crippen molar-refractivity contribution >= 4 is 17.9 Å². The maximum Gasteiger partial charge on any atom is 0.227 e. The van der Waals surface area contributed by atoms with Crippen molar-refractivity contribution in [3.05, 3.63) is 41.7 Å². The summed E-state index contributed by atoms with van der Waals surface area (Å²) in [7, 11) is 1.77. The highest BCUT2D eigenvalue weighted by molar-refractivity contribution is 5.89. The van der Waals surface area contributed by atoms with Gasteiger partial charge in [0.2, 0.25) is 5.91 Å². The third-order valence-corrected chi connectivity index (χ3v) is 2.89. The number of anilines is 1. The summed E-state index contributed by atoms with van der Waals surface area (Å²) in [6.45, 7) is 3.32. The molecule has 22 heavy (non-hydrogen) atoms. The molecule has 122 valence electrons. The molecular weight excluding hydrogens is 283 g/mol. The summed E-state index contributed by atoms with van der Waals surface area (Å²) in [4.78, 5) is 19.6. The number of carbonyl (C=O) groups is 2. The zero-order valence-corrected chi connectivity index (χ0v) is 13.4. The van der Waals surface area contributed by atoms with E-state index < -0.39 is 11.8 Å². The Morgan fingerprint density at radius 1 is 1.32 bits per heavy atom. The summed E-state index contributed by atoms with van der Waals surface area (Å²) in [6.07, 6.45) is 9.02. The van der Waals surface area contributed by atoms with Crippen molar-refractivity contribution in [1.82, 2.24) is 0 Å². The topological polar surface area (TPSA) is 72.2 Å². The van der Waals surface area contributed by atoms with Gasteiger partial charge in [-0.3, -0.25) is 4.79 Å². The molecule has 0 aromatic heterocycles. The zero-order chi connectivity index (χ0) is 17.0. The van der Waals surface area contributed by atoms with Crippen LogP contribution >= 0.6 is 0 Å². The van der Waals surface area contributed by atoms with E-state index in [9.17, 15) is 14.0 Å². The Labute approximate surface area is 131 Å². The van der Waals surface area contributed by atoms with Gasteiger partial charge in [-0.2, -0.15) is 0 Å². The molecule has 0 radical (unpaired) electrons. The Morgan fingerprint density at radius 2 is 1.91 bits per heavy atom. The molecule has 4 nitrogen and oxygen atoms in total. The van der Waals surface area contributed by atoms with Crippen LogP contribution in [0.5, 0.6) is 0 Å². The maximum absolute atomic E-state index is 12.6. The third kappa shape index (κ3) is 9.69. The smallest absolute Gasteiger partial charge is 0.227 e. The number of benzene rings is 1. The lowest BCUT2D eigenvalue weighted by Crippen LogP contribution is -2.21. The number of primary amides is 1. The van der Waals surface area contributed by atoms with E-state index in [0.717, 1.165) is 11.3 Å². The third-order valence-electron chi connectivity index (χ3n) is 2.89. The molecule has 0 aliphatic heterocycles. The standard InChI is InChI=1S/C8H10FN.C5H8.C4H7NO2/c1-6-3-7(9)5-8(4-6)10-2;1-2-4-5-3-1;1-3(2-6)4(5)7/h3-5,10H,1-2H3;1-2H,3-5H2;2-3H,1H3,(H2,5,7). The second-order valence-electron chi connectivity index (χ2n) is 5.00. The lowest BCUT2D eigenvalue weighted by Gasteiger charge is -2.00. The predicted molar refractivity (Wildman–Crippen MR) is 88.1 cm³/mol. The molecule has 0 fully saturated rings. The summed E-state index contributed by atoms with van der Waals surface area (Å²) >= 11 is 0. The van der Waals surface area contributed by atoms with E-state index in [1.54, 1.807) is 7.05 Å². The largest absolute Gasteiger partial charge is 0.388 e. The number of amides is 1. The fourth-order valence-corrected chi connectivity index (χ4v) is 1.54. The summed E-state index contributed by atoms with van der Waals surface area (Å²) in [5.41, 5.74) is 6.43. The molecule has 1 aliphatic rings. The van der Waals surface area contributed by atoms with Gasteiger partial charge in [0, 0.05) is 12.7 Å². The Kier molecular flexibility index (Phi) is 10.4.